The van der Waals surface area contributed by atoms with Gasteiger partial charge >= 0.3 is 5.97 Å². The molecule has 0 saturated carbocycles. The monoisotopic (exact) mass is 400 g/mol. The summed E-state index contributed by atoms with van der Waals surface area (Å²) in [6.07, 6.45) is 1.74. The first-order valence-electron chi connectivity index (χ1n) is 8.46. The fourth-order valence-corrected chi connectivity index (χ4v) is 3.52. The molecule has 0 radical (unpaired) electrons. The average Bonchev–Trinajstić information content (AvgIpc) is 2.97. The molecule has 1 saturated heterocycles. The van der Waals surface area contributed by atoms with Crippen molar-refractivity contribution in [2.45, 2.75) is 6.92 Å². The number of benzene rings is 2. The zero-order valence-electron chi connectivity index (χ0n) is 15.0. The van der Waals surface area contributed by atoms with Crippen molar-refractivity contribution in [3.05, 3.63) is 64.8 Å². The number of aliphatic imine (C=N–C) groups is 1. The van der Waals surface area contributed by atoms with Gasteiger partial charge in [-0.3, -0.25) is 9.69 Å². The lowest BCUT2D eigenvalue weighted by molar-refractivity contribution is -0.139. The number of amidine groups is 1. The lowest BCUT2D eigenvalue weighted by Gasteiger charge is -2.11. The molecule has 1 aliphatic rings. The lowest BCUT2D eigenvalue weighted by Crippen LogP contribution is -2.28. The molecular weight excluding hydrogens is 383 g/mol. The Hall–Kier alpha value is -3.13. The number of ether oxygens (including phenoxy) is 1. The Labute approximate surface area is 165 Å². The number of aliphatic carboxylic acids is 1. The summed E-state index contributed by atoms with van der Waals surface area (Å²) >= 11 is 1.25. The van der Waals surface area contributed by atoms with Crippen LogP contribution >= 0.6 is 11.8 Å². The van der Waals surface area contributed by atoms with Crippen LogP contribution in [0, 0.1) is 5.82 Å². The Morgan fingerprint density at radius 3 is 2.50 bits per heavy atom. The number of carboxylic acids is 1. The average molecular weight is 400 g/mol. The van der Waals surface area contributed by atoms with E-state index in [1.165, 1.54) is 23.9 Å². The maximum Gasteiger partial charge on any atom is 0.341 e. The summed E-state index contributed by atoms with van der Waals surface area (Å²) in [6.45, 7) is 1.91. The van der Waals surface area contributed by atoms with Gasteiger partial charge in [0.15, 0.2) is 11.8 Å². The first kappa shape index (κ1) is 19.6. The molecule has 0 atom stereocenters. The Kier molecular flexibility index (Phi) is 6.10. The Balaban J connectivity index is 1.79. The summed E-state index contributed by atoms with van der Waals surface area (Å²) in [5.74, 6) is -1.11. The molecule has 0 spiro atoms. The van der Waals surface area contributed by atoms with Crippen LogP contribution in [-0.4, -0.2) is 40.2 Å². The highest BCUT2D eigenvalue weighted by Gasteiger charge is 2.32. The standard InChI is InChI=1S/C20H17FN2O4S/c1-2-23-19(26)17(28-20(23)22-15-7-5-14(21)6-8-15)11-13-3-9-16(10-4-13)27-12-18(24)25/h3-11H,2,12H2,1H3,(H,24,25)/b17-11+,22-20?. The van der Waals surface area contributed by atoms with E-state index in [0.717, 1.165) is 5.56 Å². The van der Waals surface area contributed by atoms with Crippen molar-refractivity contribution in [3.8, 4) is 5.75 Å². The minimum Gasteiger partial charge on any atom is -0.482 e. The number of carbonyl (C=O) groups is 2. The van der Waals surface area contributed by atoms with Crippen molar-refractivity contribution in [2.24, 2.45) is 4.99 Å². The number of hydrogen-bond donors (Lipinski definition) is 1. The van der Waals surface area contributed by atoms with Crippen LogP contribution in [0.1, 0.15) is 12.5 Å². The molecule has 1 heterocycles. The van der Waals surface area contributed by atoms with Crippen molar-refractivity contribution in [1.82, 2.24) is 4.90 Å². The second kappa shape index (κ2) is 8.71. The van der Waals surface area contributed by atoms with E-state index in [2.05, 4.69) is 4.99 Å². The molecule has 28 heavy (non-hydrogen) atoms. The van der Waals surface area contributed by atoms with E-state index >= 15 is 0 Å². The number of halogens is 1. The van der Waals surface area contributed by atoms with Gasteiger partial charge in [-0.25, -0.2) is 14.2 Å². The molecule has 0 unspecified atom stereocenters. The number of carbonyl (C=O) groups excluding carboxylic acids is 1. The number of nitrogens with zero attached hydrogens (tertiary/aromatic N) is 2. The predicted molar refractivity (Wildman–Crippen MR) is 106 cm³/mol. The highest BCUT2D eigenvalue weighted by Crippen LogP contribution is 2.34. The second-order valence-electron chi connectivity index (χ2n) is 5.78. The fraction of sp³-hybridized carbons (Fsp3) is 0.150. The molecule has 144 valence electrons. The maximum absolute atomic E-state index is 13.1. The van der Waals surface area contributed by atoms with E-state index in [4.69, 9.17) is 9.84 Å². The molecule has 0 bridgehead atoms. The normalized spacial score (nSPS) is 16.8. The molecule has 1 N–H and O–H groups in total. The van der Waals surface area contributed by atoms with Crippen LogP contribution in [0.3, 0.4) is 0 Å². The molecule has 6 nitrogen and oxygen atoms in total. The molecule has 2 aromatic carbocycles. The van der Waals surface area contributed by atoms with Gasteiger partial charge in [0.05, 0.1) is 10.6 Å². The van der Waals surface area contributed by atoms with Crippen LogP contribution < -0.4 is 4.74 Å². The first-order chi connectivity index (χ1) is 13.5. The zero-order chi connectivity index (χ0) is 20.1. The van der Waals surface area contributed by atoms with Gasteiger partial charge in [-0.2, -0.15) is 0 Å². The SMILES string of the molecule is CCN1C(=O)/C(=C\c2ccc(OCC(=O)O)cc2)SC1=Nc1ccc(F)cc1. The van der Waals surface area contributed by atoms with E-state index < -0.39 is 12.6 Å². The number of thioether (sulfide) groups is 1. The van der Waals surface area contributed by atoms with E-state index in [9.17, 15) is 14.0 Å². The largest absolute Gasteiger partial charge is 0.482 e. The summed E-state index contributed by atoms with van der Waals surface area (Å²) in [5, 5.41) is 9.17. The van der Waals surface area contributed by atoms with Crippen LogP contribution in [0.2, 0.25) is 0 Å². The number of likely N-dealkylation sites (N-methyl/N-ethyl adjacent to an activating group) is 1. The van der Waals surface area contributed by atoms with Crippen molar-refractivity contribution in [2.75, 3.05) is 13.2 Å². The number of carboxylic acid groups (broad SMARTS) is 1. The lowest BCUT2D eigenvalue weighted by atomic mass is 10.2. The fourth-order valence-electron chi connectivity index (χ4n) is 2.45. The maximum atomic E-state index is 13.1. The highest BCUT2D eigenvalue weighted by molar-refractivity contribution is 8.18. The zero-order valence-corrected chi connectivity index (χ0v) is 15.8. The van der Waals surface area contributed by atoms with E-state index in [1.54, 1.807) is 47.4 Å². The Bertz CT molecular complexity index is 940. The van der Waals surface area contributed by atoms with E-state index in [0.29, 0.717) is 28.1 Å². The third-order valence-electron chi connectivity index (χ3n) is 3.80. The third-order valence-corrected chi connectivity index (χ3v) is 4.80. The van der Waals surface area contributed by atoms with Crippen molar-refractivity contribution in [1.29, 1.82) is 0 Å². The summed E-state index contributed by atoms with van der Waals surface area (Å²) in [4.78, 5) is 29.7. The Morgan fingerprint density at radius 1 is 1.21 bits per heavy atom. The molecular formula is C20H17FN2O4S. The molecule has 0 aromatic heterocycles. The molecule has 1 amide bonds. The van der Waals surface area contributed by atoms with Gasteiger partial charge in [0.25, 0.3) is 5.91 Å². The molecule has 1 aliphatic heterocycles. The van der Waals surface area contributed by atoms with Gasteiger partial charge in [-0.1, -0.05) is 12.1 Å². The quantitative estimate of drug-likeness (QED) is 0.744. The van der Waals surface area contributed by atoms with Crippen LogP contribution in [0.15, 0.2) is 58.4 Å². The van der Waals surface area contributed by atoms with Crippen LogP contribution in [0.25, 0.3) is 6.08 Å². The van der Waals surface area contributed by atoms with Crippen LogP contribution in [0.5, 0.6) is 5.75 Å². The van der Waals surface area contributed by atoms with Gasteiger partial charge in [0, 0.05) is 6.54 Å². The first-order valence-corrected chi connectivity index (χ1v) is 9.28. The predicted octanol–water partition coefficient (Wildman–Crippen LogP) is 3.91. The van der Waals surface area contributed by atoms with E-state index in [-0.39, 0.29) is 11.7 Å². The molecule has 2 aromatic rings. The summed E-state index contributed by atoms with van der Waals surface area (Å²) < 4.78 is 18.2. The Morgan fingerprint density at radius 2 is 1.89 bits per heavy atom. The highest BCUT2D eigenvalue weighted by atomic mass is 32.2. The number of amides is 1. The summed E-state index contributed by atoms with van der Waals surface area (Å²) in [7, 11) is 0. The van der Waals surface area contributed by atoms with Crippen molar-refractivity contribution in [3.63, 3.8) is 0 Å². The minimum atomic E-state index is -1.05. The number of rotatable bonds is 6. The van der Waals surface area contributed by atoms with Gasteiger partial charge < -0.3 is 9.84 Å². The molecule has 1 fully saturated rings. The third kappa shape index (κ3) is 4.77. The molecule has 0 aliphatic carbocycles. The van der Waals surface area contributed by atoms with Gasteiger partial charge in [0.1, 0.15) is 11.6 Å². The molecule has 3 rings (SSSR count). The molecule has 8 heteroatoms. The van der Waals surface area contributed by atoms with Crippen molar-refractivity contribution < 1.29 is 23.8 Å². The van der Waals surface area contributed by atoms with Crippen molar-refractivity contribution >= 4 is 40.6 Å². The summed E-state index contributed by atoms with van der Waals surface area (Å²) in [6, 6.07) is 12.5. The minimum absolute atomic E-state index is 0.153. The summed E-state index contributed by atoms with van der Waals surface area (Å²) in [5.41, 5.74) is 1.34. The topological polar surface area (TPSA) is 79.2 Å². The number of hydrogen-bond acceptors (Lipinski definition) is 5. The van der Waals surface area contributed by atoms with Gasteiger partial charge in [-0.05, 0) is 66.7 Å². The smallest absolute Gasteiger partial charge is 0.341 e. The van der Waals surface area contributed by atoms with Crippen LogP contribution in [-0.2, 0) is 9.59 Å². The van der Waals surface area contributed by atoms with Gasteiger partial charge in [-0.15, -0.1) is 0 Å². The second-order valence-corrected chi connectivity index (χ2v) is 6.79. The van der Waals surface area contributed by atoms with Crippen LogP contribution in [0.4, 0.5) is 10.1 Å². The van der Waals surface area contributed by atoms with Gasteiger partial charge in [0.2, 0.25) is 0 Å². The van der Waals surface area contributed by atoms with E-state index in [1.807, 2.05) is 6.92 Å².